The zero-order valence-corrected chi connectivity index (χ0v) is 28.6. The molecule has 11 nitrogen and oxygen atoms in total. The van der Waals surface area contributed by atoms with Gasteiger partial charge in [0.05, 0.1) is 26.3 Å². The minimum absolute atomic E-state index is 0.0678. The lowest BCUT2D eigenvalue weighted by Gasteiger charge is -2.44. The molecule has 5 heterocycles. The van der Waals surface area contributed by atoms with E-state index in [1.807, 2.05) is 6.07 Å². The Morgan fingerprint density at radius 3 is 2.41 bits per heavy atom. The molecule has 3 saturated heterocycles. The Kier molecular flexibility index (Phi) is 10.7. The van der Waals surface area contributed by atoms with Crippen molar-refractivity contribution in [3.05, 3.63) is 117 Å². The number of nitrogens with zero attached hydrogens (tertiary/aromatic N) is 4. The summed E-state index contributed by atoms with van der Waals surface area (Å²) in [6, 6.07) is 17.4. The number of rotatable bonds is 11. The van der Waals surface area contributed by atoms with E-state index in [0.29, 0.717) is 44.7 Å². The number of piperidine rings is 3. The second-order valence-electron chi connectivity index (χ2n) is 12.0. The average Bonchev–Trinajstić information content (AvgIpc) is 3.12. The van der Waals surface area contributed by atoms with Gasteiger partial charge in [0.1, 0.15) is 28.1 Å². The molecule has 13 heteroatoms. The first-order chi connectivity index (χ1) is 23.7. The Labute approximate surface area is 294 Å². The number of hydrogen-bond donors (Lipinski definition) is 0. The quantitative estimate of drug-likeness (QED) is 0.0990. The Bertz CT molecular complexity index is 1780. The fourth-order valence-electron chi connectivity index (χ4n) is 6.36. The maximum Gasteiger partial charge on any atom is 0.416 e. The minimum atomic E-state index is -0.880. The van der Waals surface area contributed by atoms with E-state index >= 15 is 0 Å². The fraction of sp³-hybridized carbons (Fsp3) is 0.333. The second-order valence-corrected chi connectivity index (χ2v) is 12.9. The van der Waals surface area contributed by atoms with Crippen LogP contribution in [0.5, 0.6) is 11.5 Å². The lowest BCUT2D eigenvalue weighted by molar-refractivity contribution is -0.605. The summed E-state index contributed by atoms with van der Waals surface area (Å²) in [7, 11) is 3.03. The summed E-state index contributed by atoms with van der Waals surface area (Å²) in [5, 5.41) is 12.2. The number of fused-ring (bicyclic) bond motifs is 3. The lowest BCUT2D eigenvalue weighted by atomic mass is 9.86. The number of anilines is 1. The molecule has 0 N–H and O–H groups in total. The molecule has 0 radical (unpaired) electrons. The maximum absolute atomic E-state index is 13.8. The van der Waals surface area contributed by atoms with Gasteiger partial charge in [-0.15, -0.1) is 0 Å². The van der Waals surface area contributed by atoms with E-state index in [1.54, 1.807) is 60.8 Å². The highest BCUT2D eigenvalue weighted by Gasteiger charge is 2.37. The van der Waals surface area contributed by atoms with Gasteiger partial charge in [0.2, 0.25) is 0 Å². The maximum atomic E-state index is 13.8. The summed E-state index contributed by atoms with van der Waals surface area (Å²) < 4.78 is 23.5. The SMILES string of the molecule is COc1ccc(C(Cc2c(Cl)c[n+]([O-])cc2Cl)OC(=O)c2cccc(CN(C(=O)O[C@H]3CN4CCC3CC4)c3ccccn3)c2)cc1OC. The summed E-state index contributed by atoms with van der Waals surface area (Å²) in [6.45, 7) is 2.90. The summed E-state index contributed by atoms with van der Waals surface area (Å²) in [4.78, 5) is 35.7. The van der Waals surface area contributed by atoms with Crippen LogP contribution in [0, 0.1) is 11.1 Å². The van der Waals surface area contributed by atoms with Gasteiger partial charge >= 0.3 is 12.1 Å². The first-order valence-electron chi connectivity index (χ1n) is 15.9. The predicted molar refractivity (Wildman–Crippen MR) is 183 cm³/mol. The number of amides is 1. The second kappa shape index (κ2) is 15.3. The monoisotopic (exact) mass is 706 g/mol. The van der Waals surface area contributed by atoms with Crippen LogP contribution in [0.1, 0.15) is 46.0 Å². The minimum Gasteiger partial charge on any atom is -0.619 e. The molecule has 0 spiro atoms. The van der Waals surface area contributed by atoms with Crippen LogP contribution in [0.25, 0.3) is 0 Å². The van der Waals surface area contributed by atoms with Gasteiger partial charge in [-0.1, -0.05) is 47.5 Å². The Balaban J connectivity index is 1.25. The van der Waals surface area contributed by atoms with Gasteiger partial charge in [0, 0.05) is 24.7 Å². The van der Waals surface area contributed by atoms with Gasteiger partial charge in [-0.2, -0.15) is 4.73 Å². The van der Waals surface area contributed by atoms with Crippen LogP contribution >= 0.6 is 23.2 Å². The van der Waals surface area contributed by atoms with Crippen molar-refractivity contribution in [2.75, 3.05) is 38.8 Å². The topological polar surface area (TPSA) is 117 Å². The fourth-order valence-corrected chi connectivity index (χ4v) is 6.96. The zero-order chi connectivity index (χ0) is 34.5. The summed E-state index contributed by atoms with van der Waals surface area (Å²) in [5.74, 6) is 1.09. The molecule has 1 unspecified atom stereocenters. The van der Waals surface area contributed by atoms with Crippen molar-refractivity contribution in [3.63, 3.8) is 0 Å². The molecule has 4 aromatic rings. The van der Waals surface area contributed by atoms with E-state index in [2.05, 4.69) is 9.88 Å². The molecule has 256 valence electrons. The molecule has 49 heavy (non-hydrogen) atoms. The van der Waals surface area contributed by atoms with Crippen LogP contribution < -0.4 is 19.1 Å². The van der Waals surface area contributed by atoms with E-state index in [4.69, 9.17) is 42.1 Å². The summed E-state index contributed by atoms with van der Waals surface area (Å²) in [5.41, 5.74) is 1.95. The number of ether oxygens (including phenoxy) is 4. The zero-order valence-electron chi connectivity index (χ0n) is 27.1. The molecule has 3 fully saturated rings. The van der Waals surface area contributed by atoms with Crippen molar-refractivity contribution in [2.45, 2.75) is 38.0 Å². The number of esters is 1. The molecular weight excluding hydrogens is 671 g/mol. The van der Waals surface area contributed by atoms with Gasteiger partial charge in [-0.3, -0.25) is 9.80 Å². The van der Waals surface area contributed by atoms with Crippen LogP contribution in [0.15, 0.2) is 79.3 Å². The summed E-state index contributed by atoms with van der Waals surface area (Å²) in [6.07, 6.45) is 4.54. The lowest BCUT2D eigenvalue weighted by Crippen LogP contribution is -2.53. The van der Waals surface area contributed by atoms with Crippen molar-refractivity contribution in [2.24, 2.45) is 5.92 Å². The van der Waals surface area contributed by atoms with Crippen molar-refractivity contribution >= 4 is 41.1 Å². The molecule has 3 aliphatic rings. The van der Waals surface area contributed by atoms with Crippen LogP contribution in [0.3, 0.4) is 0 Å². The van der Waals surface area contributed by atoms with Gasteiger partial charge in [0.25, 0.3) is 0 Å². The third-order valence-corrected chi connectivity index (χ3v) is 9.63. The molecule has 2 atom stereocenters. The van der Waals surface area contributed by atoms with Crippen LogP contribution in [0.4, 0.5) is 10.6 Å². The van der Waals surface area contributed by atoms with Crippen LogP contribution in [-0.2, 0) is 22.4 Å². The van der Waals surface area contributed by atoms with E-state index in [9.17, 15) is 14.8 Å². The molecule has 0 aliphatic carbocycles. The smallest absolute Gasteiger partial charge is 0.416 e. The van der Waals surface area contributed by atoms with E-state index in [0.717, 1.165) is 32.5 Å². The van der Waals surface area contributed by atoms with E-state index in [-0.39, 0.29) is 34.7 Å². The van der Waals surface area contributed by atoms with Gasteiger partial charge in [-0.25, -0.2) is 14.6 Å². The molecule has 2 aromatic heterocycles. The van der Waals surface area contributed by atoms with Crippen molar-refractivity contribution in [1.29, 1.82) is 0 Å². The molecule has 0 saturated carbocycles. The molecule has 2 bridgehead atoms. The summed E-state index contributed by atoms with van der Waals surface area (Å²) >= 11 is 12.8. The number of halogens is 2. The van der Waals surface area contributed by atoms with E-state index < -0.39 is 18.2 Å². The van der Waals surface area contributed by atoms with E-state index in [1.165, 1.54) is 31.5 Å². The van der Waals surface area contributed by atoms with Gasteiger partial charge < -0.3 is 24.2 Å². The number of aromatic nitrogens is 2. The number of carbonyl (C=O) groups excluding carboxylic acids is 2. The number of pyridine rings is 2. The Hall–Kier alpha value is -4.58. The number of hydrogen-bond acceptors (Lipinski definition) is 9. The number of methoxy groups -OCH3 is 2. The highest BCUT2D eigenvalue weighted by Crippen LogP contribution is 2.36. The largest absolute Gasteiger partial charge is 0.619 e. The third kappa shape index (κ3) is 8.01. The van der Waals surface area contributed by atoms with Crippen LogP contribution in [0.2, 0.25) is 10.0 Å². The Morgan fingerprint density at radius 1 is 1.00 bits per heavy atom. The normalized spacial score (nSPS) is 18.7. The van der Waals surface area contributed by atoms with Gasteiger partial charge in [0.15, 0.2) is 23.9 Å². The molecular formula is C36H36Cl2N4O7. The molecule has 3 aliphatic heterocycles. The highest BCUT2D eigenvalue weighted by atomic mass is 35.5. The average molecular weight is 708 g/mol. The van der Waals surface area contributed by atoms with Crippen molar-refractivity contribution in [1.82, 2.24) is 9.88 Å². The van der Waals surface area contributed by atoms with Crippen LogP contribution in [-0.4, -0.2) is 61.9 Å². The highest BCUT2D eigenvalue weighted by molar-refractivity contribution is 6.35. The number of benzene rings is 2. The number of carbonyl (C=O) groups is 2. The first-order valence-corrected chi connectivity index (χ1v) is 16.7. The first kappa shape index (κ1) is 34.3. The van der Waals surface area contributed by atoms with Crippen molar-refractivity contribution in [3.8, 4) is 11.5 Å². The molecule has 1 amide bonds. The third-order valence-electron chi connectivity index (χ3n) is 8.97. The standard InChI is InChI=1S/C36H36Cl2N4O7/c1-46-30-10-9-25(17-32(30)47-2)31(18-27-28(37)20-41(45)21-29(27)38)48-35(43)26-7-5-6-23(16-26)19-42(34-8-3-4-13-39-34)36(44)49-33-22-40-14-11-24(33)12-15-40/h3-10,13,16-17,20-21,24,31,33H,11-12,14-15,18-19,22H2,1-2H3/t31?,33-/m0/s1. The predicted octanol–water partition coefficient (Wildman–Crippen LogP) is 6.42. The van der Waals surface area contributed by atoms with Crippen molar-refractivity contribution < 1.29 is 33.3 Å². The molecule has 7 rings (SSSR count). The molecule has 2 aromatic carbocycles. The van der Waals surface area contributed by atoms with Gasteiger partial charge in [-0.05, 0) is 79.4 Å². The Morgan fingerprint density at radius 2 is 1.76 bits per heavy atom.